The number of hydrogen-bond acceptors (Lipinski definition) is 1. The normalized spacial score (nSPS) is 12.4. The van der Waals surface area contributed by atoms with Crippen LogP contribution in [0.4, 0.5) is 4.39 Å². The van der Waals surface area contributed by atoms with E-state index in [0.29, 0.717) is 24.8 Å². The van der Waals surface area contributed by atoms with Crippen LogP contribution in [0.3, 0.4) is 0 Å². The number of benzene rings is 1. The van der Waals surface area contributed by atoms with E-state index in [1.807, 2.05) is 18.2 Å². The lowest BCUT2D eigenvalue weighted by Gasteiger charge is -2.03. The van der Waals surface area contributed by atoms with Crippen LogP contribution >= 0.6 is 0 Å². The summed E-state index contributed by atoms with van der Waals surface area (Å²) in [7, 11) is 0. The van der Waals surface area contributed by atoms with Crippen molar-refractivity contribution in [3.8, 4) is 0 Å². The summed E-state index contributed by atoms with van der Waals surface area (Å²) in [6.07, 6.45) is 0.286. The highest BCUT2D eigenvalue weighted by Crippen LogP contribution is 2.10. The van der Waals surface area contributed by atoms with Gasteiger partial charge in [0.05, 0.1) is 0 Å². The van der Waals surface area contributed by atoms with E-state index < -0.39 is 6.17 Å². The molecular weight excluding hydrogens is 179 g/mol. The van der Waals surface area contributed by atoms with Crippen LogP contribution in [-0.2, 0) is 0 Å². The topological polar surface area (TPSA) is 17.1 Å². The lowest BCUT2D eigenvalue weighted by Crippen LogP contribution is -2.04. The molecule has 0 spiro atoms. The van der Waals surface area contributed by atoms with E-state index in [2.05, 4.69) is 0 Å². The standard InChI is InChI=1S/C12H15FO/c1-2-11(13)8-9-12(14)10-6-4-3-5-7-10/h3-7,11H,2,8-9H2,1H3. The SMILES string of the molecule is CCC(F)CCC(=O)c1ccccc1. The average molecular weight is 194 g/mol. The molecule has 0 radical (unpaired) electrons. The first-order chi connectivity index (χ1) is 6.74. The van der Waals surface area contributed by atoms with E-state index in [0.717, 1.165) is 0 Å². The third-order valence-electron chi connectivity index (χ3n) is 2.22. The van der Waals surface area contributed by atoms with Gasteiger partial charge in [0.25, 0.3) is 0 Å². The largest absolute Gasteiger partial charge is 0.294 e. The number of rotatable bonds is 5. The Hall–Kier alpha value is -1.18. The van der Waals surface area contributed by atoms with Crippen LogP contribution in [-0.4, -0.2) is 12.0 Å². The maximum absolute atomic E-state index is 12.9. The second-order valence-corrected chi connectivity index (χ2v) is 3.33. The number of Topliss-reactive ketones (excluding diaryl/α,β-unsaturated/α-hetero) is 1. The van der Waals surface area contributed by atoms with Gasteiger partial charge in [-0.05, 0) is 12.8 Å². The Labute approximate surface area is 83.9 Å². The summed E-state index contributed by atoms with van der Waals surface area (Å²) in [5.74, 6) is 0.0294. The summed E-state index contributed by atoms with van der Waals surface area (Å²) in [6, 6.07) is 9.03. The zero-order valence-electron chi connectivity index (χ0n) is 8.37. The van der Waals surface area contributed by atoms with E-state index >= 15 is 0 Å². The van der Waals surface area contributed by atoms with Gasteiger partial charge in [-0.1, -0.05) is 37.3 Å². The summed E-state index contributed by atoms with van der Waals surface area (Å²) in [4.78, 5) is 11.5. The molecule has 1 rings (SSSR count). The van der Waals surface area contributed by atoms with Gasteiger partial charge in [0, 0.05) is 12.0 Å². The average Bonchev–Trinajstić information content (AvgIpc) is 2.26. The van der Waals surface area contributed by atoms with Crippen molar-refractivity contribution in [1.82, 2.24) is 0 Å². The molecule has 1 aromatic carbocycles. The van der Waals surface area contributed by atoms with Crippen molar-refractivity contribution >= 4 is 5.78 Å². The van der Waals surface area contributed by atoms with E-state index in [9.17, 15) is 9.18 Å². The summed E-state index contributed by atoms with van der Waals surface area (Å²) in [6.45, 7) is 1.79. The predicted molar refractivity (Wildman–Crippen MR) is 55.2 cm³/mol. The van der Waals surface area contributed by atoms with Gasteiger partial charge in [-0.15, -0.1) is 0 Å². The van der Waals surface area contributed by atoms with E-state index in [1.54, 1.807) is 19.1 Å². The third kappa shape index (κ3) is 3.29. The van der Waals surface area contributed by atoms with E-state index in [-0.39, 0.29) is 5.78 Å². The third-order valence-corrected chi connectivity index (χ3v) is 2.22. The quantitative estimate of drug-likeness (QED) is 0.656. The molecule has 0 aromatic heterocycles. The van der Waals surface area contributed by atoms with Crippen molar-refractivity contribution in [3.63, 3.8) is 0 Å². The minimum atomic E-state index is -0.845. The number of ketones is 1. The molecule has 1 nitrogen and oxygen atoms in total. The van der Waals surface area contributed by atoms with Gasteiger partial charge in [-0.25, -0.2) is 4.39 Å². The maximum Gasteiger partial charge on any atom is 0.162 e. The second-order valence-electron chi connectivity index (χ2n) is 3.33. The first-order valence-electron chi connectivity index (χ1n) is 4.96. The number of carbonyl (C=O) groups is 1. The number of alkyl halides is 1. The van der Waals surface area contributed by atoms with Crippen molar-refractivity contribution in [3.05, 3.63) is 35.9 Å². The Morgan fingerprint density at radius 1 is 1.36 bits per heavy atom. The Balaban J connectivity index is 2.44. The van der Waals surface area contributed by atoms with Crippen molar-refractivity contribution in [1.29, 1.82) is 0 Å². The Morgan fingerprint density at radius 2 is 2.00 bits per heavy atom. The summed E-state index contributed by atoms with van der Waals surface area (Å²) < 4.78 is 12.9. The number of hydrogen-bond donors (Lipinski definition) is 0. The molecule has 76 valence electrons. The maximum atomic E-state index is 12.9. The van der Waals surface area contributed by atoms with Crippen LogP contribution < -0.4 is 0 Å². The van der Waals surface area contributed by atoms with Crippen LogP contribution in [0.15, 0.2) is 30.3 Å². The fourth-order valence-corrected chi connectivity index (χ4v) is 1.26. The van der Waals surface area contributed by atoms with Crippen molar-refractivity contribution in [2.75, 3.05) is 0 Å². The minimum absolute atomic E-state index is 0.0294. The van der Waals surface area contributed by atoms with Gasteiger partial charge in [0.1, 0.15) is 6.17 Å². The first kappa shape index (κ1) is 10.9. The molecule has 0 aliphatic rings. The molecule has 0 N–H and O–H groups in total. The summed E-state index contributed by atoms with van der Waals surface area (Å²) in [5, 5.41) is 0. The highest BCUT2D eigenvalue weighted by Gasteiger charge is 2.09. The molecule has 0 heterocycles. The zero-order valence-corrected chi connectivity index (χ0v) is 8.37. The predicted octanol–water partition coefficient (Wildman–Crippen LogP) is 3.40. The first-order valence-corrected chi connectivity index (χ1v) is 4.96. The van der Waals surface area contributed by atoms with Crippen LogP contribution in [0.25, 0.3) is 0 Å². The Kier molecular flexibility index (Phi) is 4.30. The molecule has 0 bridgehead atoms. The molecule has 0 saturated carbocycles. The second kappa shape index (κ2) is 5.53. The molecule has 1 aromatic rings. The summed E-state index contributed by atoms with van der Waals surface area (Å²) >= 11 is 0. The minimum Gasteiger partial charge on any atom is -0.294 e. The molecule has 0 saturated heterocycles. The van der Waals surface area contributed by atoms with Gasteiger partial charge in [-0.3, -0.25) is 4.79 Å². The molecular formula is C12H15FO. The van der Waals surface area contributed by atoms with Crippen LogP contribution in [0.2, 0.25) is 0 Å². The monoisotopic (exact) mass is 194 g/mol. The van der Waals surface area contributed by atoms with Crippen LogP contribution in [0.5, 0.6) is 0 Å². The fourth-order valence-electron chi connectivity index (χ4n) is 1.26. The Bertz CT molecular complexity index is 282. The molecule has 1 atom stereocenters. The molecule has 2 heteroatoms. The Morgan fingerprint density at radius 3 is 2.57 bits per heavy atom. The molecule has 0 aliphatic heterocycles. The molecule has 0 fully saturated rings. The molecule has 0 amide bonds. The fraction of sp³-hybridized carbons (Fsp3) is 0.417. The van der Waals surface area contributed by atoms with Crippen molar-refractivity contribution in [2.45, 2.75) is 32.4 Å². The van der Waals surface area contributed by atoms with E-state index in [4.69, 9.17) is 0 Å². The van der Waals surface area contributed by atoms with Gasteiger partial charge in [0.2, 0.25) is 0 Å². The molecule has 0 aliphatic carbocycles. The number of halogens is 1. The molecule has 14 heavy (non-hydrogen) atoms. The van der Waals surface area contributed by atoms with Gasteiger partial charge in [0.15, 0.2) is 5.78 Å². The lowest BCUT2D eigenvalue weighted by atomic mass is 10.0. The molecule has 1 unspecified atom stereocenters. The highest BCUT2D eigenvalue weighted by atomic mass is 19.1. The van der Waals surface area contributed by atoms with Gasteiger partial charge in [-0.2, -0.15) is 0 Å². The smallest absolute Gasteiger partial charge is 0.162 e. The van der Waals surface area contributed by atoms with Gasteiger partial charge < -0.3 is 0 Å². The van der Waals surface area contributed by atoms with Gasteiger partial charge >= 0.3 is 0 Å². The van der Waals surface area contributed by atoms with Crippen LogP contribution in [0.1, 0.15) is 36.5 Å². The highest BCUT2D eigenvalue weighted by molar-refractivity contribution is 5.95. The summed E-state index contributed by atoms with van der Waals surface area (Å²) in [5.41, 5.74) is 0.677. The van der Waals surface area contributed by atoms with Crippen molar-refractivity contribution in [2.24, 2.45) is 0 Å². The van der Waals surface area contributed by atoms with E-state index in [1.165, 1.54) is 0 Å². The number of carbonyl (C=O) groups excluding carboxylic acids is 1. The zero-order chi connectivity index (χ0) is 10.4. The lowest BCUT2D eigenvalue weighted by molar-refractivity contribution is 0.0968. The van der Waals surface area contributed by atoms with Crippen LogP contribution in [0, 0.1) is 0 Å². The van der Waals surface area contributed by atoms with Crippen molar-refractivity contribution < 1.29 is 9.18 Å².